The fourth-order valence-corrected chi connectivity index (χ4v) is 2.14. The van der Waals surface area contributed by atoms with Gasteiger partial charge in [0.1, 0.15) is 0 Å². The van der Waals surface area contributed by atoms with Gasteiger partial charge in [-0.2, -0.15) is 4.98 Å². The van der Waals surface area contributed by atoms with Crippen LogP contribution in [0.3, 0.4) is 0 Å². The van der Waals surface area contributed by atoms with Crippen molar-refractivity contribution in [1.82, 2.24) is 10.1 Å². The summed E-state index contributed by atoms with van der Waals surface area (Å²) in [6, 6.07) is 5.63. The first-order valence-corrected chi connectivity index (χ1v) is 6.31. The predicted octanol–water partition coefficient (Wildman–Crippen LogP) is 3.50. The molecule has 20 heavy (non-hydrogen) atoms. The molecule has 2 heterocycles. The summed E-state index contributed by atoms with van der Waals surface area (Å²) in [6.07, 6.45) is 1.61. The van der Waals surface area contributed by atoms with E-state index in [1.165, 1.54) is 0 Å². The van der Waals surface area contributed by atoms with Crippen molar-refractivity contribution in [2.45, 2.75) is 20.8 Å². The second-order valence-corrected chi connectivity index (χ2v) is 4.87. The maximum absolute atomic E-state index is 5.88. The summed E-state index contributed by atoms with van der Waals surface area (Å²) < 4.78 is 10.7. The summed E-state index contributed by atoms with van der Waals surface area (Å²) in [6.45, 7) is 5.94. The number of aromatic nitrogens is 2. The minimum Gasteiger partial charge on any atom is -0.461 e. The van der Waals surface area contributed by atoms with E-state index in [0.29, 0.717) is 23.2 Å². The number of anilines is 1. The van der Waals surface area contributed by atoms with Crippen molar-refractivity contribution in [3.05, 3.63) is 41.2 Å². The maximum Gasteiger partial charge on any atom is 0.258 e. The normalized spacial score (nSPS) is 10.9. The third-order valence-electron chi connectivity index (χ3n) is 3.41. The molecule has 5 heteroatoms. The molecule has 0 saturated carbocycles. The number of hydrogen-bond donors (Lipinski definition) is 1. The lowest BCUT2D eigenvalue weighted by Gasteiger charge is -2.06. The van der Waals surface area contributed by atoms with Crippen LogP contribution in [-0.4, -0.2) is 10.1 Å². The molecule has 3 aromatic rings. The Morgan fingerprint density at radius 1 is 1.10 bits per heavy atom. The van der Waals surface area contributed by atoms with Crippen molar-refractivity contribution in [2.24, 2.45) is 0 Å². The Hall–Kier alpha value is -2.56. The average Bonchev–Trinajstić information content (AvgIpc) is 3.02. The van der Waals surface area contributed by atoms with Crippen LogP contribution in [0, 0.1) is 20.8 Å². The van der Waals surface area contributed by atoms with Gasteiger partial charge in [-0.3, -0.25) is 0 Å². The Labute approximate surface area is 116 Å². The first-order chi connectivity index (χ1) is 9.56. The number of benzene rings is 1. The number of aryl methyl sites for hydroxylation is 2. The standard InChI is InChI=1S/C15H15N3O2/c1-8-4-5-19-13(8)14-17-15(20-18-14)12-7-11(16)6-9(2)10(12)3/h4-7H,16H2,1-3H3. The van der Waals surface area contributed by atoms with Gasteiger partial charge in [0, 0.05) is 11.3 Å². The van der Waals surface area contributed by atoms with Crippen LogP contribution in [0.2, 0.25) is 0 Å². The van der Waals surface area contributed by atoms with Crippen LogP contribution in [0.1, 0.15) is 16.7 Å². The molecule has 0 saturated heterocycles. The van der Waals surface area contributed by atoms with Gasteiger partial charge >= 0.3 is 0 Å². The summed E-state index contributed by atoms with van der Waals surface area (Å²) in [4.78, 5) is 4.40. The Balaban J connectivity index is 2.09. The molecule has 1 aromatic carbocycles. The molecule has 0 unspecified atom stereocenters. The van der Waals surface area contributed by atoms with Gasteiger partial charge < -0.3 is 14.7 Å². The molecule has 0 fully saturated rings. The number of nitrogen functional groups attached to an aromatic ring is 1. The van der Waals surface area contributed by atoms with Crippen molar-refractivity contribution in [3.8, 4) is 23.0 Å². The number of furan rings is 1. The Morgan fingerprint density at radius 2 is 1.90 bits per heavy atom. The molecule has 0 aliphatic heterocycles. The van der Waals surface area contributed by atoms with E-state index in [0.717, 1.165) is 22.3 Å². The van der Waals surface area contributed by atoms with E-state index >= 15 is 0 Å². The van der Waals surface area contributed by atoms with E-state index in [-0.39, 0.29) is 0 Å². The molecule has 0 bridgehead atoms. The fraction of sp³-hybridized carbons (Fsp3) is 0.200. The molecule has 2 aromatic heterocycles. The average molecular weight is 269 g/mol. The van der Waals surface area contributed by atoms with Crippen molar-refractivity contribution < 1.29 is 8.94 Å². The molecule has 5 nitrogen and oxygen atoms in total. The largest absolute Gasteiger partial charge is 0.461 e. The highest BCUT2D eigenvalue weighted by Gasteiger charge is 2.17. The molecular formula is C15H15N3O2. The summed E-state index contributed by atoms with van der Waals surface area (Å²) >= 11 is 0. The number of nitrogens with zero attached hydrogens (tertiary/aromatic N) is 2. The van der Waals surface area contributed by atoms with Crippen LogP contribution in [0.25, 0.3) is 23.0 Å². The van der Waals surface area contributed by atoms with Gasteiger partial charge in [0.2, 0.25) is 5.82 Å². The van der Waals surface area contributed by atoms with Gasteiger partial charge in [-0.1, -0.05) is 5.16 Å². The number of hydrogen-bond acceptors (Lipinski definition) is 5. The molecule has 0 aliphatic carbocycles. The lowest BCUT2D eigenvalue weighted by Crippen LogP contribution is -1.93. The lowest BCUT2D eigenvalue weighted by molar-refractivity contribution is 0.429. The van der Waals surface area contributed by atoms with Gasteiger partial charge in [-0.15, -0.1) is 0 Å². The first-order valence-electron chi connectivity index (χ1n) is 6.31. The highest BCUT2D eigenvalue weighted by Crippen LogP contribution is 2.29. The Kier molecular flexibility index (Phi) is 2.82. The molecule has 0 spiro atoms. The molecule has 0 amide bonds. The van der Waals surface area contributed by atoms with Gasteiger partial charge in [-0.25, -0.2) is 0 Å². The van der Waals surface area contributed by atoms with Crippen LogP contribution >= 0.6 is 0 Å². The van der Waals surface area contributed by atoms with Crippen LogP contribution in [0.15, 0.2) is 33.4 Å². The quantitative estimate of drug-likeness (QED) is 0.720. The van der Waals surface area contributed by atoms with E-state index in [1.54, 1.807) is 6.26 Å². The van der Waals surface area contributed by atoms with Gasteiger partial charge in [0.15, 0.2) is 5.76 Å². The van der Waals surface area contributed by atoms with E-state index < -0.39 is 0 Å². The fourth-order valence-electron chi connectivity index (χ4n) is 2.14. The van der Waals surface area contributed by atoms with Crippen molar-refractivity contribution in [2.75, 3.05) is 5.73 Å². The molecule has 2 N–H and O–H groups in total. The van der Waals surface area contributed by atoms with Gasteiger partial charge in [0.05, 0.1) is 6.26 Å². The van der Waals surface area contributed by atoms with Crippen LogP contribution in [-0.2, 0) is 0 Å². The zero-order valence-electron chi connectivity index (χ0n) is 11.6. The molecular weight excluding hydrogens is 254 g/mol. The third-order valence-corrected chi connectivity index (χ3v) is 3.41. The van der Waals surface area contributed by atoms with Gasteiger partial charge in [-0.05, 0) is 55.7 Å². The second-order valence-electron chi connectivity index (χ2n) is 4.87. The molecule has 0 radical (unpaired) electrons. The minimum atomic E-state index is 0.446. The van der Waals surface area contributed by atoms with Gasteiger partial charge in [0.25, 0.3) is 5.89 Å². The highest BCUT2D eigenvalue weighted by molar-refractivity contribution is 5.67. The predicted molar refractivity (Wildman–Crippen MR) is 76.1 cm³/mol. The second kappa shape index (κ2) is 4.52. The topological polar surface area (TPSA) is 78.1 Å². The SMILES string of the molecule is Cc1ccoc1-c1noc(-c2cc(N)cc(C)c2C)n1. The molecule has 3 rings (SSSR count). The minimum absolute atomic E-state index is 0.446. The molecule has 102 valence electrons. The van der Waals surface area contributed by atoms with Crippen molar-refractivity contribution in [1.29, 1.82) is 0 Å². The van der Waals surface area contributed by atoms with Crippen molar-refractivity contribution in [3.63, 3.8) is 0 Å². The summed E-state index contributed by atoms with van der Waals surface area (Å²) in [7, 11) is 0. The molecule has 0 atom stereocenters. The van der Waals surface area contributed by atoms with Crippen LogP contribution in [0.5, 0.6) is 0 Å². The Morgan fingerprint density at radius 3 is 2.60 bits per heavy atom. The summed E-state index contributed by atoms with van der Waals surface area (Å²) in [5.41, 5.74) is 10.5. The van der Waals surface area contributed by atoms with E-state index in [9.17, 15) is 0 Å². The smallest absolute Gasteiger partial charge is 0.258 e. The zero-order chi connectivity index (χ0) is 14.3. The number of rotatable bonds is 2. The molecule has 0 aliphatic rings. The summed E-state index contributed by atoms with van der Waals surface area (Å²) in [5.74, 6) is 1.52. The third kappa shape index (κ3) is 1.97. The lowest BCUT2D eigenvalue weighted by atomic mass is 10.0. The number of nitrogens with two attached hydrogens (primary N) is 1. The van der Waals surface area contributed by atoms with Crippen LogP contribution < -0.4 is 5.73 Å². The highest BCUT2D eigenvalue weighted by atomic mass is 16.5. The Bertz CT molecular complexity index is 771. The first kappa shape index (κ1) is 12.5. The maximum atomic E-state index is 5.88. The van der Waals surface area contributed by atoms with E-state index in [2.05, 4.69) is 10.1 Å². The van der Waals surface area contributed by atoms with E-state index in [4.69, 9.17) is 14.7 Å². The zero-order valence-corrected chi connectivity index (χ0v) is 11.6. The van der Waals surface area contributed by atoms with Crippen molar-refractivity contribution >= 4 is 5.69 Å². The van der Waals surface area contributed by atoms with E-state index in [1.807, 2.05) is 39.0 Å². The monoisotopic (exact) mass is 269 g/mol. The van der Waals surface area contributed by atoms with Crippen LogP contribution in [0.4, 0.5) is 5.69 Å². The summed E-state index contributed by atoms with van der Waals surface area (Å²) in [5, 5.41) is 3.98.